The van der Waals surface area contributed by atoms with Gasteiger partial charge in [0.05, 0.1) is 29.8 Å². The molecule has 112 valence electrons. The second kappa shape index (κ2) is 6.67. The molecule has 21 heavy (non-hydrogen) atoms. The average molecular weight is 305 g/mol. The number of hydrogen-bond donors (Lipinski definition) is 1. The number of aryl methyl sites for hydroxylation is 1. The minimum Gasteiger partial charge on any atom is -0.496 e. The Labute approximate surface area is 128 Å². The highest BCUT2D eigenvalue weighted by atomic mass is 32.1. The highest BCUT2D eigenvalue weighted by molar-refractivity contribution is 7.05. The Bertz CT molecular complexity index is 638. The van der Waals surface area contributed by atoms with Gasteiger partial charge in [0.1, 0.15) is 5.75 Å². The van der Waals surface area contributed by atoms with Crippen LogP contribution in [-0.4, -0.2) is 22.6 Å². The van der Waals surface area contributed by atoms with Crippen molar-refractivity contribution in [2.24, 2.45) is 0 Å². The van der Waals surface area contributed by atoms with Gasteiger partial charge in [0.15, 0.2) is 0 Å². The van der Waals surface area contributed by atoms with Gasteiger partial charge in [-0.15, -0.1) is 5.10 Å². The van der Waals surface area contributed by atoms with Crippen molar-refractivity contribution in [3.63, 3.8) is 0 Å². The standard InChI is InChI=1S/C15H19N3O2S/c1-9(2)14-12(21-18-17-14)8-16-15(19)13-10(3)6-5-7-11(13)20-4/h5-7,9H,8H2,1-4H3,(H,16,19). The zero-order chi connectivity index (χ0) is 15.4. The number of benzene rings is 1. The van der Waals surface area contributed by atoms with Crippen molar-refractivity contribution in [1.29, 1.82) is 0 Å². The van der Waals surface area contributed by atoms with Crippen LogP contribution in [0, 0.1) is 6.92 Å². The second-order valence-corrected chi connectivity index (χ2v) is 5.91. The van der Waals surface area contributed by atoms with Gasteiger partial charge in [0, 0.05) is 0 Å². The molecule has 0 fully saturated rings. The summed E-state index contributed by atoms with van der Waals surface area (Å²) in [6, 6.07) is 5.55. The van der Waals surface area contributed by atoms with E-state index in [9.17, 15) is 4.79 Å². The summed E-state index contributed by atoms with van der Waals surface area (Å²) < 4.78 is 9.22. The molecule has 0 aliphatic carbocycles. The molecular weight excluding hydrogens is 286 g/mol. The fourth-order valence-electron chi connectivity index (χ4n) is 2.13. The van der Waals surface area contributed by atoms with Crippen molar-refractivity contribution in [2.75, 3.05) is 7.11 Å². The number of amides is 1. The van der Waals surface area contributed by atoms with Gasteiger partial charge in [0.25, 0.3) is 5.91 Å². The highest BCUT2D eigenvalue weighted by Gasteiger charge is 2.17. The third-order valence-corrected chi connectivity index (χ3v) is 3.96. The first-order valence-electron chi connectivity index (χ1n) is 6.77. The molecular formula is C15H19N3O2S. The third kappa shape index (κ3) is 3.39. The second-order valence-electron chi connectivity index (χ2n) is 5.07. The van der Waals surface area contributed by atoms with Gasteiger partial charge in [-0.25, -0.2) is 0 Å². The lowest BCUT2D eigenvalue weighted by atomic mass is 10.1. The van der Waals surface area contributed by atoms with Crippen LogP contribution in [0.15, 0.2) is 18.2 Å². The number of ether oxygens (including phenoxy) is 1. The first-order chi connectivity index (χ1) is 10.0. The van der Waals surface area contributed by atoms with Crippen LogP contribution >= 0.6 is 11.5 Å². The minimum absolute atomic E-state index is 0.145. The summed E-state index contributed by atoms with van der Waals surface area (Å²) in [5.74, 6) is 0.732. The maximum atomic E-state index is 12.4. The fourth-order valence-corrected chi connectivity index (χ4v) is 2.86. The topological polar surface area (TPSA) is 64.1 Å². The molecule has 0 saturated carbocycles. The fraction of sp³-hybridized carbons (Fsp3) is 0.400. The van der Waals surface area contributed by atoms with Crippen molar-refractivity contribution >= 4 is 17.4 Å². The van der Waals surface area contributed by atoms with E-state index in [-0.39, 0.29) is 5.91 Å². The molecule has 0 bridgehead atoms. The van der Waals surface area contributed by atoms with E-state index in [1.807, 2.05) is 19.1 Å². The minimum atomic E-state index is -0.145. The van der Waals surface area contributed by atoms with Gasteiger partial charge < -0.3 is 10.1 Å². The SMILES string of the molecule is COc1cccc(C)c1C(=O)NCc1snnc1C(C)C. The van der Waals surface area contributed by atoms with Crippen LogP contribution in [0.2, 0.25) is 0 Å². The van der Waals surface area contributed by atoms with Crippen LogP contribution < -0.4 is 10.1 Å². The van der Waals surface area contributed by atoms with Gasteiger partial charge in [0.2, 0.25) is 0 Å². The Balaban J connectivity index is 2.14. The summed E-state index contributed by atoms with van der Waals surface area (Å²) in [5.41, 5.74) is 2.40. The first-order valence-corrected chi connectivity index (χ1v) is 7.54. The summed E-state index contributed by atoms with van der Waals surface area (Å²) in [7, 11) is 1.57. The number of rotatable bonds is 5. The number of carbonyl (C=O) groups excluding carboxylic acids is 1. The largest absolute Gasteiger partial charge is 0.496 e. The predicted molar refractivity (Wildman–Crippen MR) is 82.9 cm³/mol. The summed E-state index contributed by atoms with van der Waals surface area (Å²) in [4.78, 5) is 13.4. The summed E-state index contributed by atoms with van der Waals surface area (Å²) in [6.45, 7) is 6.45. The maximum absolute atomic E-state index is 12.4. The van der Waals surface area contributed by atoms with E-state index in [0.717, 1.165) is 16.1 Å². The van der Waals surface area contributed by atoms with E-state index in [1.165, 1.54) is 11.5 Å². The molecule has 0 spiro atoms. The Morgan fingerprint density at radius 3 is 2.86 bits per heavy atom. The van der Waals surface area contributed by atoms with Crippen molar-refractivity contribution in [2.45, 2.75) is 33.2 Å². The number of methoxy groups -OCH3 is 1. The molecule has 2 aromatic rings. The smallest absolute Gasteiger partial charge is 0.255 e. The van der Waals surface area contributed by atoms with Crippen LogP contribution in [0.4, 0.5) is 0 Å². The van der Waals surface area contributed by atoms with Crippen molar-refractivity contribution < 1.29 is 9.53 Å². The van der Waals surface area contributed by atoms with Gasteiger partial charge in [-0.05, 0) is 36.0 Å². The molecule has 1 aromatic carbocycles. The van der Waals surface area contributed by atoms with E-state index >= 15 is 0 Å². The molecule has 1 amide bonds. The predicted octanol–water partition coefficient (Wildman–Crippen LogP) is 2.91. The number of hydrogen-bond acceptors (Lipinski definition) is 5. The van der Waals surface area contributed by atoms with Crippen molar-refractivity contribution in [3.8, 4) is 5.75 Å². The molecule has 0 unspecified atom stereocenters. The molecule has 0 aliphatic rings. The Hall–Kier alpha value is -1.95. The van der Waals surface area contributed by atoms with E-state index in [4.69, 9.17) is 4.74 Å². The number of aromatic nitrogens is 2. The van der Waals surface area contributed by atoms with Crippen LogP contribution in [0.5, 0.6) is 5.75 Å². The van der Waals surface area contributed by atoms with Gasteiger partial charge in [-0.1, -0.05) is 30.5 Å². The Morgan fingerprint density at radius 2 is 2.19 bits per heavy atom. The summed E-state index contributed by atoms with van der Waals surface area (Å²) >= 11 is 1.32. The molecule has 1 aromatic heterocycles. The molecule has 0 aliphatic heterocycles. The van der Waals surface area contributed by atoms with Crippen LogP contribution in [0.1, 0.15) is 46.3 Å². The first kappa shape index (κ1) is 15.4. The van der Waals surface area contributed by atoms with E-state index in [2.05, 4.69) is 28.8 Å². The Kier molecular flexibility index (Phi) is 4.90. The zero-order valence-corrected chi connectivity index (χ0v) is 13.5. The molecule has 0 atom stereocenters. The summed E-state index contributed by atoms with van der Waals surface area (Å²) in [6.07, 6.45) is 0. The van der Waals surface area contributed by atoms with Crippen molar-refractivity contribution in [1.82, 2.24) is 14.9 Å². The van der Waals surface area contributed by atoms with E-state index in [1.54, 1.807) is 13.2 Å². The maximum Gasteiger partial charge on any atom is 0.255 e. The lowest BCUT2D eigenvalue weighted by Crippen LogP contribution is -2.24. The quantitative estimate of drug-likeness (QED) is 0.922. The lowest BCUT2D eigenvalue weighted by Gasteiger charge is -2.12. The normalized spacial score (nSPS) is 10.7. The summed E-state index contributed by atoms with van der Waals surface area (Å²) in [5, 5.41) is 7.03. The number of nitrogens with one attached hydrogen (secondary N) is 1. The van der Waals surface area contributed by atoms with Crippen LogP contribution in [-0.2, 0) is 6.54 Å². The van der Waals surface area contributed by atoms with E-state index < -0.39 is 0 Å². The molecule has 0 radical (unpaired) electrons. The lowest BCUT2D eigenvalue weighted by molar-refractivity contribution is 0.0947. The van der Waals surface area contributed by atoms with Crippen molar-refractivity contribution in [3.05, 3.63) is 39.9 Å². The highest BCUT2D eigenvalue weighted by Crippen LogP contribution is 2.23. The molecule has 6 heteroatoms. The molecule has 1 N–H and O–H groups in total. The van der Waals surface area contributed by atoms with E-state index in [0.29, 0.717) is 23.8 Å². The number of carbonyl (C=O) groups is 1. The molecule has 5 nitrogen and oxygen atoms in total. The Morgan fingerprint density at radius 1 is 1.43 bits per heavy atom. The monoisotopic (exact) mass is 305 g/mol. The van der Waals surface area contributed by atoms with Gasteiger partial charge >= 0.3 is 0 Å². The third-order valence-electron chi connectivity index (χ3n) is 3.22. The van der Waals surface area contributed by atoms with Gasteiger partial charge in [-0.2, -0.15) is 0 Å². The van der Waals surface area contributed by atoms with Crippen LogP contribution in [0.3, 0.4) is 0 Å². The van der Waals surface area contributed by atoms with Gasteiger partial charge in [-0.3, -0.25) is 4.79 Å². The van der Waals surface area contributed by atoms with Crippen LogP contribution in [0.25, 0.3) is 0 Å². The average Bonchev–Trinajstić information content (AvgIpc) is 2.93. The number of nitrogens with zero attached hydrogens (tertiary/aromatic N) is 2. The molecule has 0 saturated heterocycles. The molecule has 2 rings (SSSR count). The molecule has 1 heterocycles. The zero-order valence-electron chi connectivity index (χ0n) is 12.6.